The summed E-state index contributed by atoms with van der Waals surface area (Å²) in [6.45, 7) is 1.40. The molecule has 0 aliphatic heterocycles. The number of halogens is 3. The van der Waals surface area contributed by atoms with Gasteiger partial charge < -0.3 is 14.9 Å². The lowest BCUT2D eigenvalue weighted by Crippen LogP contribution is -2.13. The van der Waals surface area contributed by atoms with Crippen LogP contribution in [0, 0.1) is 10.1 Å². The van der Waals surface area contributed by atoms with E-state index < -0.39 is 34.1 Å². The largest absolute Gasteiger partial charge is 0.462 e. The van der Waals surface area contributed by atoms with Gasteiger partial charge in [-0.3, -0.25) is 0 Å². The molecule has 0 N–H and O–H groups in total. The topological polar surface area (TPSA) is 82.3 Å². The summed E-state index contributed by atoms with van der Waals surface area (Å²) < 4.78 is 41.7. The van der Waals surface area contributed by atoms with Crippen LogP contribution in [0.1, 0.15) is 23.0 Å². The molecule has 0 aliphatic rings. The van der Waals surface area contributed by atoms with Crippen LogP contribution in [0.15, 0.2) is 12.1 Å². The van der Waals surface area contributed by atoms with Crippen molar-refractivity contribution in [3.63, 3.8) is 0 Å². The summed E-state index contributed by atoms with van der Waals surface area (Å²) in [5.74, 6) is -2.14. The van der Waals surface area contributed by atoms with E-state index in [2.05, 4.69) is 9.72 Å². The highest BCUT2D eigenvalue weighted by molar-refractivity contribution is 5.90. The highest BCUT2D eigenvalue weighted by Gasteiger charge is 2.39. The van der Waals surface area contributed by atoms with Crippen LogP contribution in [0.4, 0.5) is 19.0 Å². The quantitative estimate of drug-likeness (QED) is 0.474. The first kappa shape index (κ1) is 13.9. The summed E-state index contributed by atoms with van der Waals surface area (Å²) in [4.78, 5) is 23.4. The van der Waals surface area contributed by atoms with Crippen LogP contribution in [0.3, 0.4) is 0 Å². The van der Waals surface area contributed by atoms with Crippen molar-refractivity contribution in [3.05, 3.63) is 33.5 Å². The fourth-order valence-corrected chi connectivity index (χ4v) is 1.09. The number of pyridine rings is 1. The molecule has 0 fully saturated rings. The SMILES string of the molecule is CCOC(=O)c1cc([N+](=O)[O-])nc(C(F)(F)F)c1. The van der Waals surface area contributed by atoms with Crippen molar-refractivity contribution < 1.29 is 27.6 Å². The minimum Gasteiger partial charge on any atom is -0.462 e. The van der Waals surface area contributed by atoms with E-state index in [9.17, 15) is 28.1 Å². The van der Waals surface area contributed by atoms with Crippen molar-refractivity contribution in [2.24, 2.45) is 0 Å². The van der Waals surface area contributed by atoms with Crippen molar-refractivity contribution in [2.45, 2.75) is 13.1 Å². The van der Waals surface area contributed by atoms with Gasteiger partial charge in [-0.25, -0.2) is 4.79 Å². The van der Waals surface area contributed by atoms with Crippen LogP contribution in [-0.4, -0.2) is 22.5 Å². The molecule has 0 amide bonds. The molecule has 98 valence electrons. The van der Waals surface area contributed by atoms with Crippen molar-refractivity contribution in [1.82, 2.24) is 4.98 Å². The van der Waals surface area contributed by atoms with E-state index in [0.29, 0.717) is 12.1 Å². The third-order valence-electron chi connectivity index (χ3n) is 1.80. The number of nitro groups is 1. The van der Waals surface area contributed by atoms with Gasteiger partial charge in [0, 0.05) is 6.07 Å². The molecule has 0 radical (unpaired) electrons. The second kappa shape index (κ2) is 4.98. The number of hydrogen-bond acceptors (Lipinski definition) is 5. The Kier molecular flexibility index (Phi) is 3.84. The minimum absolute atomic E-state index is 0.0592. The number of esters is 1. The van der Waals surface area contributed by atoms with Crippen molar-refractivity contribution in [3.8, 4) is 0 Å². The maximum atomic E-state index is 12.4. The predicted molar refractivity (Wildman–Crippen MR) is 51.8 cm³/mol. The van der Waals surface area contributed by atoms with E-state index in [4.69, 9.17) is 0 Å². The number of rotatable bonds is 3. The molecule has 9 heteroatoms. The van der Waals surface area contributed by atoms with Gasteiger partial charge in [0.25, 0.3) is 5.69 Å². The van der Waals surface area contributed by atoms with E-state index in [1.165, 1.54) is 6.92 Å². The number of ether oxygens (including phenoxy) is 1. The summed E-state index contributed by atoms with van der Waals surface area (Å²) in [5.41, 5.74) is -2.08. The predicted octanol–water partition coefficient (Wildman–Crippen LogP) is 2.19. The Hall–Kier alpha value is -2.19. The molecule has 1 aromatic rings. The number of carbonyl (C=O) groups excluding carboxylic acids is 1. The van der Waals surface area contributed by atoms with Gasteiger partial charge in [0.2, 0.25) is 0 Å². The number of alkyl halides is 3. The summed E-state index contributed by atoms with van der Waals surface area (Å²) in [5, 5.41) is 10.4. The Morgan fingerprint density at radius 1 is 1.50 bits per heavy atom. The van der Waals surface area contributed by atoms with Gasteiger partial charge in [0.15, 0.2) is 0 Å². The molecule has 0 spiro atoms. The average molecular weight is 264 g/mol. The molecule has 0 atom stereocenters. The zero-order chi connectivity index (χ0) is 13.9. The van der Waals surface area contributed by atoms with Crippen LogP contribution >= 0.6 is 0 Å². The first-order valence-electron chi connectivity index (χ1n) is 4.66. The highest BCUT2D eigenvalue weighted by Crippen LogP contribution is 2.30. The maximum Gasteiger partial charge on any atom is 0.458 e. The lowest BCUT2D eigenvalue weighted by molar-refractivity contribution is -0.390. The molecule has 0 saturated carbocycles. The molecule has 1 heterocycles. The fraction of sp³-hybridized carbons (Fsp3) is 0.333. The highest BCUT2D eigenvalue weighted by atomic mass is 19.4. The first-order chi connectivity index (χ1) is 8.25. The third-order valence-corrected chi connectivity index (χ3v) is 1.80. The van der Waals surface area contributed by atoms with E-state index >= 15 is 0 Å². The Morgan fingerprint density at radius 2 is 2.11 bits per heavy atom. The van der Waals surface area contributed by atoms with Crippen molar-refractivity contribution >= 4 is 11.8 Å². The van der Waals surface area contributed by atoms with Crippen LogP contribution in [0.5, 0.6) is 0 Å². The van der Waals surface area contributed by atoms with Gasteiger partial charge in [0.05, 0.1) is 18.2 Å². The van der Waals surface area contributed by atoms with Gasteiger partial charge >= 0.3 is 18.0 Å². The van der Waals surface area contributed by atoms with Crippen LogP contribution in [0.2, 0.25) is 0 Å². The van der Waals surface area contributed by atoms with Crippen molar-refractivity contribution in [1.29, 1.82) is 0 Å². The number of carbonyl (C=O) groups is 1. The third kappa shape index (κ3) is 3.15. The molecule has 6 nitrogen and oxygen atoms in total. The lowest BCUT2D eigenvalue weighted by atomic mass is 10.2. The molecule has 0 unspecified atom stereocenters. The number of nitrogens with zero attached hydrogens (tertiary/aromatic N) is 2. The molecule has 18 heavy (non-hydrogen) atoms. The minimum atomic E-state index is -4.88. The van der Waals surface area contributed by atoms with Gasteiger partial charge in [0.1, 0.15) is 0 Å². The van der Waals surface area contributed by atoms with Gasteiger partial charge in [-0.2, -0.15) is 13.2 Å². The van der Waals surface area contributed by atoms with E-state index in [-0.39, 0.29) is 6.61 Å². The maximum absolute atomic E-state index is 12.4. The average Bonchev–Trinajstić information content (AvgIpc) is 2.27. The molecular weight excluding hydrogens is 257 g/mol. The van der Waals surface area contributed by atoms with Crippen molar-refractivity contribution in [2.75, 3.05) is 6.61 Å². The standard InChI is InChI=1S/C9H7F3N2O4/c1-2-18-8(15)5-3-6(9(10,11)12)13-7(4-5)14(16)17/h3-4H,2H2,1H3. The fourth-order valence-electron chi connectivity index (χ4n) is 1.09. The lowest BCUT2D eigenvalue weighted by Gasteiger charge is -2.05. The number of hydrogen-bond donors (Lipinski definition) is 0. The second-order valence-corrected chi connectivity index (χ2v) is 3.07. The van der Waals surface area contributed by atoms with Crippen LogP contribution in [-0.2, 0) is 10.9 Å². The molecule has 0 saturated heterocycles. The molecule has 1 aromatic heterocycles. The van der Waals surface area contributed by atoms with E-state index in [1.807, 2.05) is 0 Å². The Labute approximate surface area is 98.5 Å². The molecular formula is C9H7F3N2O4. The monoisotopic (exact) mass is 264 g/mol. The zero-order valence-corrected chi connectivity index (χ0v) is 9.02. The summed E-state index contributed by atoms with van der Waals surface area (Å²) >= 11 is 0. The van der Waals surface area contributed by atoms with E-state index in [0.717, 1.165) is 0 Å². The Bertz CT molecular complexity index is 487. The second-order valence-electron chi connectivity index (χ2n) is 3.07. The molecule has 0 aromatic carbocycles. The first-order valence-corrected chi connectivity index (χ1v) is 4.66. The van der Waals surface area contributed by atoms with Gasteiger partial charge in [-0.05, 0) is 16.8 Å². The summed E-state index contributed by atoms with van der Waals surface area (Å²) in [7, 11) is 0. The van der Waals surface area contributed by atoms with E-state index in [1.54, 1.807) is 0 Å². The Balaban J connectivity index is 3.31. The Morgan fingerprint density at radius 3 is 2.56 bits per heavy atom. The van der Waals surface area contributed by atoms with Gasteiger partial charge in [-0.1, -0.05) is 0 Å². The zero-order valence-electron chi connectivity index (χ0n) is 9.02. The number of aromatic nitrogens is 1. The smallest absolute Gasteiger partial charge is 0.458 e. The van der Waals surface area contributed by atoms with Crippen LogP contribution < -0.4 is 0 Å². The molecule has 0 aliphatic carbocycles. The molecule has 0 bridgehead atoms. The molecule has 1 rings (SSSR count). The normalized spacial score (nSPS) is 11.1. The summed E-state index contributed by atoms with van der Waals surface area (Å²) in [6, 6.07) is 1.04. The van der Waals surface area contributed by atoms with Gasteiger partial charge in [-0.15, -0.1) is 0 Å². The van der Waals surface area contributed by atoms with Crippen LogP contribution in [0.25, 0.3) is 0 Å². The summed E-state index contributed by atoms with van der Waals surface area (Å²) in [6.07, 6.45) is -4.88.